The molecule has 0 saturated carbocycles. The van der Waals surface area contributed by atoms with E-state index in [0.29, 0.717) is 5.76 Å². The van der Waals surface area contributed by atoms with Crippen molar-refractivity contribution in [2.45, 2.75) is 25.3 Å². The molecule has 0 spiro atoms. The second-order valence-electron chi connectivity index (χ2n) is 4.08. The maximum atomic E-state index is 10.6. The molecule has 1 aliphatic rings. The van der Waals surface area contributed by atoms with Crippen LogP contribution < -0.4 is 10.6 Å². The van der Waals surface area contributed by atoms with Crippen molar-refractivity contribution in [1.82, 2.24) is 0 Å². The number of aliphatic carboxylic acids is 1. The normalized spacial score (nSPS) is 17.7. The molecule has 1 aromatic rings. The summed E-state index contributed by atoms with van der Waals surface area (Å²) in [5.74, 6) is 0.459. The zero-order valence-corrected chi connectivity index (χ0v) is 9.06. The molecule has 5 heteroatoms. The van der Waals surface area contributed by atoms with E-state index in [1.54, 1.807) is 6.07 Å². The van der Waals surface area contributed by atoms with E-state index in [0.717, 1.165) is 19.0 Å². The van der Waals surface area contributed by atoms with Gasteiger partial charge in [-0.25, -0.2) is 0 Å². The van der Waals surface area contributed by atoms with E-state index in [1.165, 1.54) is 12.8 Å². The Bertz CT molecular complexity index is 369. The maximum absolute atomic E-state index is 10.6. The van der Waals surface area contributed by atoms with Crippen LogP contribution in [0.25, 0.3) is 0 Å². The molecular formula is C11H16N2O3. The number of carboxylic acid groups (broad SMARTS) is 1. The van der Waals surface area contributed by atoms with Crippen molar-refractivity contribution in [2.24, 2.45) is 5.73 Å². The molecule has 88 valence electrons. The van der Waals surface area contributed by atoms with E-state index >= 15 is 0 Å². The summed E-state index contributed by atoms with van der Waals surface area (Å²) in [5, 5.41) is 8.68. The molecule has 5 nitrogen and oxygen atoms in total. The first-order valence-corrected chi connectivity index (χ1v) is 5.49. The van der Waals surface area contributed by atoms with Gasteiger partial charge in [0, 0.05) is 25.6 Å². The Morgan fingerprint density at radius 1 is 1.50 bits per heavy atom. The summed E-state index contributed by atoms with van der Waals surface area (Å²) in [6.07, 6.45) is 2.61. The third-order valence-electron chi connectivity index (χ3n) is 2.80. The Morgan fingerprint density at radius 2 is 2.19 bits per heavy atom. The Morgan fingerprint density at radius 3 is 2.81 bits per heavy atom. The minimum Gasteiger partial charge on any atom is -0.480 e. The van der Waals surface area contributed by atoms with Crippen LogP contribution >= 0.6 is 0 Å². The summed E-state index contributed by atoms with van der Waals surface area (Å²) in [6, 6.07) is 2.80. The fraction of sp³-hybridized carbons (Fsp3) is 0.545. The highest BCUT2D eigenvalue weighted by atomic mass is 16.4. The summed E-state index contributed by atoms with van der Waals surface area (Å²) in [6.45, 7) is 2.02. The van der Waals surface area contributed by atoms with E-state index < -0.39 is 12.0 Å². The van der Waals surface area contributed by atoms with Crippen LogP contribution in [0.4, 0.5) is 5.88 Å². The van der Waals surface area contributed by atoms with Crippen LogP contribution in [0.5, 0.6) is 0 Å². The Kier molecular flexibility index (Phi) is 3.14. The smallest absolute Gasteiger partial charge is 0.320 e. The van der Waals surface area contributed by atoms with Crippen LogP contribution in [0.2, 0.25) is 0 Å². The number of anilines is 1. The fourth-order valence-electron chi connectivity index (χ4n) is 1.89. The predicted molar refractivity (Wildman–Crippen MR) is 59.5 cm³/mol. The number of hydrogen-bond donors (Lipinski definition) is 2. The molecular weight excluding hydrogens is 208 g/mol. The summed E-state index contributed by atoms with van der Waals surface area (Å²) in [5.41, 5.74) is 5.44. The summed E-state index contributed by atoms with van der Waals surface area (Å²) < 4.78 is 5.57. The van der Waals surface area contributed by atoms with E-state index in [2.05, 4.69) is 4.90 Å². The SMILES string of the molecule is NC(Cc1ccc(N2CCCC2)o1)C(=O)O. The molecule has 16 heavy (non-hydrogen) atoms. The number of carbonyl (C=O) groups is 1. The van der Waals surface area contributed by atoms with Gasteiger partial charge in [0.25, 0.3) is 0 Å². The summed E-state index contributed by atoms with van der Waals surface area (Å²) in [4.78, 5) is 12.8. The quantitative estimate of drug-likeness (QED) is 0.792. The molecule has 3 N–H and O–H groups in total. The molecule has 1 saturated heterocycles. The number of furan rings is 1. The molecule has 0 aliphatic carbocycles. The standard InChI is InChI=1S/C11H16N2O3/c12-9(11(14)15)7-8-3-4-10(16-8)13-5-1-2-6-13/h3-4,9H,1-2,5-7,12H2,(H,14,15). The third kappa shape index (κ3) is 2.36. The number of carboxylic acids is 1. The van der Waals surface area contributed by atoms with Crippen LogP contribution in [0, 0.1) is 0 Å². The van der Waals surface area contributed by atoms with E-state index in [4.69, 9.17) is 15.3 Å². The molecule has 0 radical (unpaired) electrons. The van der Waals surface area contributed by atoms with Gasteiger partial charge >= 0.3 is 5.97 Å². The summed E-state index contributed by atoms with van der Waals surface area (Å²) >= 11 is 0. The lowest BCUT2D eigenvalue weighted by atomic mass is 10.2. The fourth-order valence-corrected chi connectivity index (χ4v) is 1.89. The Balaban J connectivity index is 1.99. The van der Waals surface area contributed by atoms with Crippen molar-refractivity contribution in [3.05, 3.63) is 17.9 Å². The van der Waals surface area contributed by atoms with Crippen molar-refractivity contribution in [3.8, 4) is 0 Å². The molecule has 1 unspecified atom stereocenters. The molecule has 2 rings (SSSR count). The lowest BCUT2D eigenvalue weighted by Gasteiger charge is -2.13. The number of nitrogens with two attached hydrogens (primary N) is 1. The molecule has 1 aromatic heterocycles. The highest BCUT2D eigenvalue weighted by Gasteiger charge is 2.18. The monoisotopic (exact) mass is 224 g/mol. The van der Waals surface area contributed by atoms with Crippen molar-refractivity contribution < 1.29 is 14.3 Å². The highest BCUT2D eigenvalue weighted by Crippen LogP contribution is 2.23. The largest absolute Gasteiger partial charge is 0.480 e. The lowest BCUT2D eigenvalue weighted by molar-refractivity contribution is -0.138. The topological polar surface area (TPSA) is 79.7 Å². The van der Waals surface area contributed by atoms with Crippen LogP contribution in [-0.4, -0.2) is 30.2 Å². The maximum Gasteiger partial charge on any atom is 0.320 e. The molecule has 2 heterocycles. The third-order valence-corrected chi connectivity index (χ3v) is 2.80. The number of rotatable bonds is 4. The van der Waals surface area contributed by atoms with Crippen molar-refractivity contribution in [3.63, 3.8) is 0 Å². The van der Waals surface area contributed by atoms with Crippen LogP contribution in [-0.2, 0) is 11.2 Å². The lowest BCUT2D eigenvalue weighted by Crippen LogP contribution is -2.32. The molecule has 0 amide bonds. The van der Waals surface area contributed by atoms with Gasteiger partial charge in [-0.2, -0.15) is 0 Å². The van der Waals surface area contributed by atoms with E-state index in [-0.39, 0.29) is 6.42 Å². The predicted octanol–water partition coefficient (Wildman–Crippen LogP) is 0.834. The van der Waals surface area contributed by atoms with Crippen molar-refractivity contribution >= 4 is 11.9 Å². The van der Waals surface area contributed by atoms with Gasteiger partial charge in [0.05, 0.1) is 0 Å². The molecule has 1 fully saturated rings. The van der Waals surface area contributed by atoms with Crippen molar-refractivity contribution in [2.75, 3.05) is 18.0 Å². The first-order valence-electron chi connectivity index (χ1n) is 5.49. The first-order chi connectivity index (χ1) is 7.66. The number of nitrogens with zero attached hydrogens (tertiary/aromatic N) is 1. The second-order valence-corrected chi connectivity index (χ2v) is 4.08. The van der Waals surface area contributed by atoms with Gasteiger partial charge in [-0.3, -0.25) is 4.79 Å². The van der Waals surface area contributed by atoms with Gasteiger partial charge in [-0.15, -0.1) is 0 Å². The zero-order valence-electron chi connectivity index (χ0n) is 9.06. The minimum atomic E-state index is -1.00. The molecule has 1 atom stereocenters. The number of hydrogen-bond acceptors (Lipinski definition) is 4. The second kappa shape index (κ2) is 4.57. The molecule has 0 bridgehead atoms. The van der Waals surface area contributed by atoms with Crippen molar-refractivity contribution in [1.29, 1.82) is 0 Å². The van der Waals surface area contributed by atoms with Gasteiger partial charge in [-0.05, 0) is 18.9 Å². The van der Waals surface area contributed by atoms with Crippen LogP contribution in [0.3, 0.4) is 0 Å². The highest BCUT2D eigenvalue weighted by molar-refractivity contribution is 5.73. The van der Waals surface area contributed by atoms with Gasteiger partial charge < -0.3 is 20.2 Å². The van der Waals surface area contributed by atoms with E-state index in [9.17, 15) is 4.79 Å². The zero-order chi connectivity index (χ0) is 11.5. The van der Waals surface area contributed by atoms with Gasteiger partial charge in [0.2, 0.25) is 0 Å². The van der Waals surface area contributed by atoms with E-state index in [1.807, 2.05) is 6.07 Å². The molecule has 1 aliphatic heterocycles. The average Bonchev–Trinajstić information content (AvgIpc) is 2.85. The van der Waals surface area contributed by atoms with Gasteiger partial charge in [-0.1, -0.05) is 0 Å². The van der Waals surface area contributed by atoms with Gasteiger partial charge in [0.15, 0.2) is 5.88 Å². The minimum absolute atomic E-state index is 0.239. The first kappa shape index (κ1) is 11.0. The Labute approximate surface area is 93.8 Å². The van der Waals surface area contributed by atoms with Gasteiger partial charge in [0.1, 0.15) is 11.8 Å². The Hall–Kier alpha value is -1.49. The van der Waals surface area contributed by atoms with Crippen LogP contribution in [0.1, 0.15) is 18.6 Å². The molecule has 0 aromatic carbocycles. The van der Waals surface area contributed by atoms with Crippen LogP contribution in [0.15, 0.2) is 16.5 Å². The summed E-state index contributed by atoms with van der Waals surface area (Å²) in [7, 11) is 0. The average molecular weight is 224 g/mol.